The number of hydrogen-bond donors (Lipinski definition) is 1. The second-order valence-electron chi connectivity index (χ2n) is 6.59. The summed E-state index contributed by atoms with van der Waals surface area (Å²) < 4.78 is 20.5. The molecule has 2 aromatic rings. The average Bonchev–Trinajstić information content (AvgIpc) is 3.14. The third-order valence-electron chi connectivity index (χ3n) is 4.84. The highest BCUT2D eigenvalue weighted by Crippen LogP contribution is 2.38. The molecule has 3 rings (SSSR count). The van der Waals surface area contributed by atoms with E-state index in [9.17, 15) is 14.4 Å². The van der Waals surface area contributed by atoms with Crippen LogP contribution in [0.1, 0.15) is 38.1 Å². The summed E-state index contributed by atoms with van der Waals surface area (Å²) in [5.41, 5.74) is 1.46. The molecule has 166 valence electrons. The lowest BCUT2D eigenvalue weighted by atomic mass is 10.0. The molecule has 0 unspecified atom stereocenters. The number of fused-ring (bicyclic) bond motifs is 1. The first-order valence-corrected chi connectivity index (χ1v) is 10.4. The van der Waals surface area contributed by atoms with Crippen LogP contribution in [-0.4, -0.2) is 57.4 Å². The number of thiophene rings is 1. The molecular weight excluding hydrogens is 424 g/mol. The summed E-state index contributed by atoms with van der Waals surface area (Å²) in [4.78, 5) is 39.8. The number of nitrogens with one attached hydrogen (secondary N) is 1. The Balaban J connectivity index is 1.93. The van der Waals surface area contributed by atoms with E-state index < -0.39 is 18.0 Å². The van der Waals surface area contributed by atoms with Gasteiger partial charge in [-0.15, -0.1) is 11.3 Å². The van der Waals surface area contributed by atoms with Gasteiger partial charge in [-0.25, -0.2) is 9.59 Å². The maximum Gasteiger partial charge on any atom is 0.409 e. The number of amides is 2. The van der Waals surface area contributed by atoms with E-state index in [1.165, 1.54) is 32.7 Å². The summed E-state index contributed by atoms with van der Waals surface area (Å²) in [5.74, 6) is 0.00441. The van der Waals surface area contributed by atoms with Crippen molar-refractivity contribution in [1.29, 1.82) is 0 Å². The first kappa shape index (κ1) is 22.4. The molecule has 1 aromatic heterocycles. The summed E-state index contributed by atoms with van der Waals surface area (Å²) in [6.07, 6.45) is 0.0223. The van der Waals surface area contributed by atoms with Gasteiger partial charge in [-0.2, -0.15) is 0 Å². The van der Waals surface area contributed by atoms with Crippen LogP contribution in [0.5, 0.6) is 11.5 Å². The molecule has 1 aliphatic rings. The molecule has 1 aromatic carbocycles. The zero-order valence-electron chi connectivity index (χ0n) is 17.8. The van der Waals surface area contributed by atoms with E-state index in [2.05, 4.69) is 5.32 Å². The van der Waals surface area contributed by atoms with E-state index in [-0.39, 0.29) is 6.61 Å². The van der Waals surface area contributed by atoms with Gasteiger partial charge in [0.15, 0.2) is 11.5 Å². The lowest BCUT2D eigenvalue weighted by Gasteiger charge is -2.25. The first-order valence-electron chi connectivity index (χ1n) is 9.61. The van der Waals surface area contributed by atoms with Crippen LogP contribution in [0.15, 0.2) is 18.2 Å². The van der Waals surface area contributed by atoms with Gasteiger partial charge in [0.2, 0.25) is 0 Å². The summed E-state index contributed by atoms with van der Waals surface area (Å²) >= 11 is 1.25. The molecule has 0 bridgehead atoms. The minimum absolute atomic E-state index is 0.209. The molecule has 2 amide bonds. The zero-order valence-corrected chi connectivity index (χ0v) is 18.6. The molecule has 0 saturated carbocycles. The van der Waals surface area contributed by atoms with Gasteiger partial charge in [-0.1, -0.05) is 0 Å². The number of esters is 1. The zero-order chi connectivity index (χ0) is 22.5. The van der Waals surface area contributed by atoms with Crippen LogP contribution in [0.25, 0.3) is 0 Å². The number of rotatable bonds is 6. The van der Waals surface area contributed by atoms with E-state index in [4.69, 9.17) is 18.9 Å². The van der Waals surface area contributed by atoms with Crippen molar-refractivity contribution in [3.05, 3.63) is 39.8 Å². The third-order valence-corrected chi connectivity index (χ3v) is 5.97. The summed E-state index contributed by atoms with van der Waals surface area (Å²) in [7, 11) is 4.32. The quantitative estimate of drug-likeness (QED) is 0.676. The number of carbonyl (C=O) groups excluding carboxylic acids is 3. The van der Waals surface area contributed by atoms with E-state index in [0.717, 1.165) is 10.4 Å². The van der Waals surface area contributed by atoms with Gasteiger partial charge < -0.3 is 29.2 Å². The van der Waals surface area contributed by atoms with Crippen molar-refractivity contribution in [3.8, 4) is 11.5 Å². The Bertz CT molecular complexity index is 1000. The molecule has 9 nitrogen and oxygen atoms in total. The highest BCUT2D eigenvalue weighted by Gasteiger charge is 2.31. The standard InChI is InChI=1S/C21H24N2O7S/c1-5-30-20(25)17-13-8-9-23(21(26)29-4)11-16(13)31-19(17)22-18(24)12-6-7-14(27-2)15(10-12)28-3/h6-7,10H,5,8-9,11H2,1-4H3,(H,22,24). The largest absolute Gasteiger partial charge is 0.493 e. The second kappa shape index (κ2) is 9.69. The molecule has 2 heterocycles. The molecule has 1 aliphatic heterocycles. The molecule has 1 N–H and O–H groups in total. The van der Waals surface area contributed by atoms with Crippen molar-refractivity contribution in [1.82, 2.24) is 4.90 Å². The normalized spacial score (nSPS) is 12.6. The van der Waals surface area contributed by atoms with Crippen LogP contribution < -0.4 is 14.8 Å². The maximum atomic E-state index is 12.9. The molecular formula is C21H24N2O7S. The monoisotopic (exact) mass is 448 g/mol. The fourth-order valence-electron chi connectivity index (χ4n) is 3.35. The number of ether oxygens (including phenoxy) is 4. The van der Waals surface area contributed by atoms with Crippen molar-refractivity contribution in [2.45, 2.75) is 19.9 Å². The first-order chi connectivity index (χ1) is 14.9. The molecule has 0 fully saturated rings. The highest BCUT2D eigenvalue weighted by atomic mass is 32.1. The van der Waals surface area contributed by atoms with Gasteiger partial charge >= 0.3 is 12.1 Å². The van der Waals surface area contributed by atoms with Crippen LogP contribution in [0.3, 0.4) is 0 Å². The summed E-state index contributed by atoms with van der Waals surface area (Å²) in [6, 6.07) is 4.80. The lowest BCUT2D eigenvalue weighted by molar-refractivity contribution is 0.0526. The Labute approximate surface area is 183 Å². The van der Waals surface area contributed by atoms with E-state index in [0.29, 0.717) is 47.1 Å². The van der Waals surface area contributed by atoms with Gasteiger partial charge in [0.25, 0.3) is 5.91 Å². The number of nitrogens with zero attached hydrogens (tertiary/aromatic N) is 1. The van der Waals surface area contributed by atoms with Gasteiger partial charge in [0, 0.05) is 17.0 Å². The molecule has 10 heteroatoms. The number of methoxy groups -OCH3 is 3. The molecule has 31 heavy (non-hydrogen) atoms. The average molecular weight is 448 g/mol. The van der Waals surface area contributed by atoms with Crippen LogP contribution in [0.4, 0.5) is 9.80 Å². The molecule has 0 atom stereocenters. The Kier molecular flexibility index (Phi) is 7.01. The van der Waals surface area contributed by atoms with E-state index in [1.54, 1.807) is 30.0 Å². The Morgan fingerprint density at radius 2 is 1.87 bits per heavy atom. The molecule has 0 spiro atoms. The van der Waals surface area contributed by atoms with Crippen molar-refractivity contribution in [2.75, 3.05) is 39.8 Å². The van der Waals surface area contributed by atoms with Crippen molar-refractivity contribution < 1.29 is 33.3 Å². The fourth-order valence-corrected chi connectivity index (χ4v) is 4.59. The predicted molar refractivity (Wildman–Crippen MR) is 114 cm³/mol. The van der Waals surface area contributed by atoms with Crippen molar-refractivity contribution in [3.63, 3.8) is 0 Å². The SMILES string of the molecule is CCOC(=O)c1c(NC(=O)c2ccc(OC)c(OC)c2)sc2c1CCN(C(=O)OC)C2. The van der Waals surface area contributed by atoms with Gasteiger partial charge in [0.05, 0.1) is 40.0 Å². The number of benzene rings is 1. The summed E-state index contributed by atoms with van der Waals surface area (Å²) in [5, 5.41) is 3.20. The van der Waals surface area contributed by atoms with Gasteiger partial charge in [0.1, 0.15) is 5.00 Å². The fraction of sp³-hybridized carbons (Fsp3) is 0.381. The maximum absolute atomic E-state index is 12.9. The third kappa shape index (κ3) is 4.58. The van der Waals surface area contributed by atoms with Crippen LogP contribution >= 0.6 is 11.3 Å². The van der Waals surface area contributed by atoms with Crippen LogP contribution in [0, 0.1) is 0 Å². The van der Waals surface area contributed by atoms with Gasteiger partial charge in [-0.3, -0.25) is 4.79 Å². The molecule has 0 saturated heterocycles. The van der Waals surface area contributed by atoms with Crippen molar-refractivity contribution in [2.24, 2.45) is 0 Å². The van der Waals surface area contributed by atoms with Crippen LogP contribution in [-0.2, 0) is 22.4 Å². The van der Waals surface area contributed by atoms with Crippen molar-refractivity contribution >= 4 is 34.3 Å². The van der Waals surface area contributed by atoms with Crippen LogP contribution in [0.2, 0.25) is 0 Å². The van der Waals surface area contributed by atoms with E-state index in [1.807, 2.05) is 0 Å². The highest BCUT2D eigenvalue weighted by molar-refractivity contribution is 7.17. The minimum Gasteiger partial charge on any atom is -0.493 e. The lowest BCUT2D eigenvalue weighted by Crippen LogP contribution is -2.35. The number of anilines is 1. The Morgan fingerprint density at radius 1 is 1.13 bits per heavy atom. The summed E-state index contributed by atoms with van der Waals surface area (Å²) in [6.45, 7) is 2.63. The minimum atomic E-state index is -0.505. The topological polar surface area (TPSA) is 103 Å². The second-order valence-corrected chi connectivity index (χ2v) is 7.70. The van der Waals surface area contributed by atoms with Gasteiger partial charge in [-0.05, 0) is 37.1 Å². The predicted octanol–water partition coefficient (Wildman–Crippen LogP) is 3.32. The Morgan fingerprint density at radius 3 is 2.52 bits per heavy atom. The Hall–Kier alpha value is -3.27. The smallest absolute Gasteiger partial charge is 0.409 e. The number of hydrogen-bond acceptors (Lipinski definition) is 8. The molecule has 0 aliphatic carbocycles. The molecule has 0 radical (unpaired) electrons. The van der Waals surface area contributed by atoms with E-state index >= 15 is 0 Å². The number of carbonyl (C=O) groups is 3.